The molecule has 9 heteroatoms. The average molecular weight is 409 g/mol. The molecule has 1 aliphatic rings. The number of anilines is 2. The van der Waals surface area contributed by atoms with Crippen molar-refractivity contribution in [2.45, 2.75) is 18.9 Å². The number of nitrogens with one attached hydrogen (secondary N) is 4. The minimum absolute atomic E-state index is 0.218. The molecule has 1 atom stereocenters. The molecule has 4 rings (SSSR count). The molecule has 0 radical (unpaired) electrons. The van der Waals surface area contributed by atoms with E-state index in [1.165, 1.54) is 6.07 Å². The van der Waals surface area contributed by atoms with E-state index < -0.39 is 5.95 Å². The van der Waals surface area contributed by atoms with Gasteiger partial charge in [-0.2, -0.15) is 9.37 Å². The minimum atomic E-state index is -0.524. The monoisotopic (exact) mass is 408 g/mol. The van der Waals surface area contributed by atoms with Gasteiger partial charge in [0.05, 0.1) is 10.7 Å². The maximum Gasteiger partial charge on any atom is 0.214 e. The quantitative estimate of drug-likeness (QED) is 0.360. The van der Waals surface area contributed by atoms with E-state index in [2.05, 4.69) is 30.9 Å². The first-order chi connectivity index (χ1) is 13.1. The van der Waals surface area contributed by atoms with Crippen molar-refractivity contribution in [3.05, 3.63) is 45.8 Å². The molecule has 0 unspecified atom stereocenters. The Balaban J connectivity index is 1.29. The lowest BCUT2D eigenvalue weighted by Crippen LogP contribution is -2.29. The van der Waals surface area contributed by atoms with Crippen molar-refractivity contribution in [1.82, 2.24) is 20.3 Å². The van der Waals surface area contributed by atoms with E-state index >= 15 is 0 Å². The molecule has 0 spiro atoms. The van der Waals surface area contributed by atoms with Gasteiger partial charge < -0.3 is 20.9 Å². The van der Waals surface area contributed by atoms with Crippen LogP contribution in [0.3, 0.4) is 0 Å². The highest BCUT2D eigenvalue weighted by atomic mass is 35.5. The average Bonchev–Trinajstić information content (AvgIpc) is 3.03. The van der Waals surface area contributed by atoms with E-state index in [0.29, 0.717) is 27.2 Å². The van der Waals surface area contributed by atoms with Crippen LogP contribution in [0.5, 0.6) is 0 Å². The third-order valence-electron chi connectivity index (χ3n) is 4.54. The zero-order valence-electron chi connectivity index (χ0n) is 14.5. The van der Waals surface area contributed by atoms with Crippen LogP contribution in [-0.2, 0) is 0 Å². The van der Waals surface area contributed by atoms with Crippen LogP contribution in [0.15, 0.2) is 24.3 Å². The summed E-state index contributed by atoms with van der Waals surface area (Å²) in [5.74, 6) is 0.0678. The van der Waals surface area contributed by atoms with E-state index in [-0.39, 0.29) is 6.04 Å². The van der Waals surface area contributed by atoms with Crippen molar-refractivity contribution in [3.8, 4) is 0 Å². The van der Waals surface area contributed by atoms with Crippen molar-refractivity contribution in [2.75, 3.05) is 30.3 Å². The smallest absolute Gasteiger partial charge is 0.214 e. The number of benzene rings is 1. The topological polar surface area (TPSA) is 77.7 Å². The highest BCUT2D eigenvalue weighted by Gasteiger charge is 2.22. The SMILES string of the molecule is Fc1ccc2nc(NCCCN[C@@H]3CCNc4c(Cl)cc(Cl)cc43)[nH]c2n1. The summed E-state index contributed by atoms with van der Waals surface area (Å²) in [4.78, 5) is 11.1. The van der Waals surface area contributed by atoms with E-state index in [0.717, 1.165) is 43.7 Å². The fraction of sp³-hybridized carbons (Fsp3) is 0.333. The summed E-state index contributed by atoms with van der Waals surface area (Å²) in [6.45, 7) is 2.42. The Hall–Kier alpha value is -2.09. The fourth-order valence-corrected chi connectivity index (χ4v) is 3.87. The Labute approximate surface area is 165 Å². The molecular weight excluding hydrogens is 390 g/mol. The van der Waals surface area contributed by atoms with Crippen LogP contribution in [0.25, 0.3) is 11.2 Å². The molecule has 142 valence electrons. The van der Waals surface area contributed by atoms with Crippen molar-refractivity contribution < 1.29 is 4.39 Å². The lowest BCUT2D eigenvalue weighted by Gasteiger charge is -2.28. The standard InChI is InChI=1S/C18H19Cl2FN6/c19-10-8-11-13(4-7-23-16(11)12(20)9-10)22-5-1-6-24-18-25-14-2-3-15(21)26-17(14)27-18/h2-3,8-9,13,22-23H,1,4-7H2,(H2,24,25,26,27)/t13-/m1/s1. The van der Waals surface area contributed by atoms with E-state index in [1.807, 2.05) is 6.07 Å². The van der Waals surface area contributed by atoms with Crippen LogP contribution in [0.4, 0.5) is 16.0 Å². The van der Waals surface area contributed by atoms with Crippen LogP contribution in [0, 0.1) is 5.95 Å². The Kier molecular flexibility index (Phi) is 5.33. The second-order valence-electron chi connectivity index (χ2n) is 6.44. The number of H-pyrrole nitrogens is 1. The van der Waals surface area contributed by atoms with Gasteiger partial charge >= 0.3 is 0 Å². The number of aromatic amines is 1. The number of pyridine rings is 1. The summed E-state index contributed by atoms with van der Waals surface area (Å²) < 4.78 is 13.1. The van der Waals surface area contributed by atoms with Crippen LogP contribution in [0.2, 0.25) is 10.0 Å². The summed E-state index contributed by atoms with van der Waals surface area (Å²) in [5.41, 5.74) is 3.15. The molecule has 0 aliphatic carbocycles. The van der Waals surface area contributed by atoms with Gasteiger partial charge in [0, 0.05) is 24.2 Å². The maximum atomic E-state index is 13.1. The zero-order chi connectivity index (χ0) is 18.8. The Morgan fingerprint density at radius 1 is 1.19 bits per heavy atom. The summed E-state index contributed by atoms with van der Waals surface area (Å²) in [6.07, 6.45) is 1.87. The number of halogens is 3. The van der Waals surface area contributed by atoms with Gasteiger partial charge in [-0.15, -0.1) is 0 Å². The lowest BCUT2D eigenvalue weighted by atomic mass is 9.97. The van der Waals surface area contributed by atoms with Gasteiger partial charge in [0.2, 0.25) is 11.9 Å². The number of fused-ring (bicyclic) bond motifs is 2. The fourth-order valence-electron chi connectivity index (χ4n) is 3.29. The van der Waals surface area contributed by atoms with Crippen LogP contribution in [-0.4, -0.2) is 34.6 Å². The molecule has 2 aromatic heterocycles. The first-order valence-corrected chi connectivity index (χ1v) is 9.58. The predicted octanol–water partition coefficient (Wildman–Crippen LogP) is 4.35. The van der Waals surface area contributed by atoms with E-state index in [9.17, 15) is 4.39 Å². The molecule has 0 fully saturated rings. The Bertz CT molecular complexity index is 960. The molecule has 27 heavy (non-hydrogen) atoms. The molecule has 0 saturated carbocycles. The molecule has 0 saturated heterocycles. The van der Waals surface area contributed by atoms with E-state index in [4.69, 9.17) is 23.2 Å². The van der Waals surface area contributed by atoms with Gasteiger partial charge in [0.15, 0.2) is 5.65 Å². The summed E-state index contributed by atoms with van der Waals surface area (Å²) in [7, 11) is 0. The molecule has 0 amide bonds. The highest BCUT2D eigenvalue weighted by molar-refractivity contribution is 6.36. The van der Waals surface area contributed by atoms with E-state index in [1.54, 1.807) is 12.1 Å². The predicted molar refractivity (Wildman–Crippen MR) is 107 cm³/mol. The third kappa shape index (κ3) is 4.10. The number of hydrogen-bond donors (Lipinski definition) is 4. The van der Waals surface area contributed by atoms with Crippen LogP contribution in [0.1, 0.15) is 24.4 Å². The molecular formula is C18H19Cl2FN6. The van der Waals surface area contributed by atoms with Gasteiger partial charge in [-0.1, -0.05) is 23.2 Å². The molecule has 3 heterocycles. The van der Waals surface area contributed by atoms with Crippen molar-refractivity contribution in [1.29, 1.82) is 0 Å². The molecule has 6 nitrogen and oxygen atoms in total. The molecule has 4 N–H and O–H groups in total. The third-order valence-corrected chi connectivity index (χ3v) is 5.06. The highest BCUT2D eigenvalue weighted by Crippen LogP contribution is 2.37. The van der Waals surface area contributed by atoms with Gasteiger partial charge in [-0.25, -0.2) is 4.98 Å². The second-order valence-corrected chi connectivity index (χ2v) is 7.29. The Morgan fingerprint density at radius 2 is 2.07 bits per heavy atom. The Morgan fingerprint density at radius 3 is 2.96 bits per heavy atom. The number of nitrogens with zero attached hydrogens (tertiary/aromatic N) is 2. The molecule has 1 aromatic carbocycles. The van der Waals surface area contributed by atoms with Crippen LogP contribution >= 0.6 is 23.2 Å². The summed E-state index contributed by atoms with van der Waals surface area (Å²) >= 11 is 12.4. The summed E-state index contributed by atoms with van der Waals surface area (Å²) in [6, 6.07) is 6.84. The van der Waals surface area contributed by atoms with Crippen molar-refractivity contribution >= 4 is 46.0 Å². The molecule has 0 bridgehead atoms. The number of imidazole rings is 1. The first kappa shape index (κ1) is 18.3. The number of aromatic nitrogens is 3. The number of hydrogen-bond acceptors (Lipinski definition) is 5. The van der Waals surface area contributed by atoms with Gasteiger partial charge in [-0.3, -0.25) is 0 Å². The largest absolute Gasteiger partial charge is 0.383 e. The number of rotatable bonds is 6. The minimum Gasteiger partial charge on any atom is -0.383 e. The normalized spacial score (nSPS) is 16.2. The molecule has 1 aliphatic heterocycles. The van der Waals surface area contributed by atoms with Crippen LogP contribution < -0.4 is 16.0 Å². The zero-order valence-corrected chi connectivity index (χ0v) is 16.0. The van der Waals surface area contributed by atoms with Gasteiger partial charge in [-0.05, 0) is 49.2 Å². The second kappa shape index (κ2) is 7.88. The lowest BCUT2D eigenvalue weighted by molar-refractivity contribution is 0.498. The van der Waals surface area contributed by atoms with Crippen molar-refractivity contribution in [3.63, 3.8) is 0 Å². The summed E-state index contributed by atoms with van der Waals surface area (Å²) in [5, 5.41) is 11.4. The van der Waals surface area contributed by atoms with Gasteiger partial charge in [0.25, 0.3) is 0 Å². The first-order valence-electron chi connectivity index (χ1n) is 8.82. The van der Waals surface area contributed by atoms with Crippen molar-refractivity contribution in [2.24, 2.45) is 0 Å². The maximum absolute atomic E-state index is 13.1. The molecule has 3 aromatic rings. The van der Waals surface area contributed by atoms with Gasteiger partial charge in [0.1, 0.15) is 5.52 Å².